The fourth-order valence-corrected chi connectivity index (χ4v) is 2.63. The Bertz CT molecular complexity index is 1030. The minimum absolute atomic E-state index is 0.0791. The maximum absolute atomic E-state index is 12.9. The second kappa shape index (κ2) is 6.04. The topological polar surface area (TPSA) is 83.0 Å². The van der Waals surface area contributed by atoms with Crippen LogP contribution in [-0.2, 0) is 12.6 Å². The van der Waals surface area contributed by atoms with Crippen LogP contribution in [0.4, 0.5) is 13.2 Å². The number of halogens is 3. The third-order valence-electron chi connectivity index (χ3n) is 3.77. The largest absolute Gasteiger partial charge is 0.478 e. The maximum Gasteiger partial charge on any atom is 0.417 e. The summed E-state index contributed by atoms with van der Waals surface area (Å²) in [6.45, 7) is 0. The summed E-state index contributed by atoms with van der Waals surface area (Å²) in [5.41, 5.74) is -1.62. The molecule has 8 heteroatoms. The molecule has 0 bridgehead atoms. The Morgan fingerprint density at radius 1 is 1.12 bits per heavy atom. The van der Waals surface area contributed by atoms with Gasteiger partial charge >= 0.3 is 12.1 Å². The number of carboxylic acid groups (broad SMARTS) is 1. The average Bonchev–Trinajstić information content (AvgIpc) is 2.56. The lowest BCUT2D eigenvalue weighted by atomic mass is 9.99. The van der Waals surface area contributed by atoms with E-state index in [1.54, 1.807) is 24.3 Å². The first kappa shape index (κ1) is 16.7. The van der Waals surface area contributed by atoms with Gasteiger partial charge in [-0.1, -0.05) is 24.3 Å². The van der Waals surface area contributed by atoms with E-state index < -0.39 is 23.3 Å². The number of rotatable bonds is 3. The van der Waals surface area contributed by atoms with Crippen LogP contribution in [0.5, 0.6) is 0 Å². The number of carboxylic acids is 1. The van der Waals surface area contributed by atoms with Crippen LogP contribution in [0, 0.1) is 0 Å². The van der Waals surface area contributed by atoms with Crippen molar-refractivity contribution in [3.8, 4) is 0 Å². The van der Waals surface area contributed by atoms with Gasteiger partial charge < -0.3 is 5.11 Å². The fourth-order valence-electron chi connectivity index (χ4n) is 2.63. The highest BCUT2D eigenvalue weighted by Gasteiger charge is 2.35. The summed E-state index contributed by atoms with van der Waals surface area (Å²) in [5.74, 6) is -1.66. The number of carbonyl (C=O) groups is 1. The van der Waals surface area contributed by atoms with Crippen molar-refractivity contribution in [2.24, 2.45) is 0 Å². The van der Waals surface area contributed by atoms with Gasteiger partial charge in [-0.3, -0.25) is 4.79 Å². The Morgan fingerprint density at radius 3 is 2.44 bits per heavy atom. The third kappa shape index (κ3) is 3.23. The lowest BCUT2D eigenvalue weighted by Crippen LogP contribution is -2.14. The van der Waals surface area contributed by atoms with E-state index in [0.29, 0.717) is 22.0 Å². The van der Waals surface area contributed by atoms with Gasteiger partial charge in [-0.25, -0.2) is 9.89 Å². The molecule has 128 valence electrons. The summed E-state index contributed by atoms with van der Waals surface area (Å²) in [6.07, 6.45) is -4.68. The number of fused-ring (bicyclic) bond motifs is 1. The number of hydrogen-bond acceptors (Lipinski definition) is 3. The molecule has 2 N–H and O–H groups in total. The van der Waals surface area contributed by atoms with Crippen molar-refractivity contribution in [2.45, 2.75) is 12.6 Å². The molecule has 0 saturated carbocycles. The number of H-pyrrole nitrogens is 1. The first-order valence-corrected chi connectivity index (χ1v) is 7.17. The van der Waals surface area contributed by atoms with Gasteiger partial charge in [0.05, 0.1) is 22.2 Å². The minimum atomic E-state index is -4.75. The van der Waals surface area contributed by atoms with Gasteiger partial charge in [0.2, 0.25) is 0 Å². The van der Waals surface area contributed by atoms with Crippen LogP contribution in [0.1, 0.15) is 27.2 Å². The summed E-state index contributed by atoms with van der Waals surface area (Å²) in [5, 5.41) is 16.3. The SMILES string of the molecule is O=C(O)c1cc(Cc2n[nH]c(=O)c3ccccc23)ccc1C(F)(F)F. The van der Waals surface area contributed by atoms with Crippen molar-refractivity contribution in [1.29, 1.82) is 0 Å². The fraction of sp³-hybridized carbons (Fsp3) is 0.118. The highest BCUT2D eigenvalue weighted by atomic mass is 19.4. The van der Waals surface area contributed by atoms with E-state index in [2.05, 4.69) is 10.2 Å². The molecule has 0 fully saturated rings. The highest BCUT2D eigenvalue weighted by Crippen LogP contribution is 2.33. The van der Waals surface area contributed by atoms with Crippen molar-refractivity contribution in [1.82, 2.24) is 10.2 Å². The second-order valence-corrected chi connectivity index (χ2v) is 5.40. The number of aromatic amines is 1. The molecule has 0 spiro atoms. The zero-order chi connectivity index (χ0) is 18.2. The van der Waals surface area contributed by atoms with E-state index in [9.17, 15) is 22.8 Å². The van der Waals surface area contributed by atoms with Gasteiger partial charge in [-0.2, -0.15) is 18.3 Å². The van der Waals surface area contributed by atoms with Gasteiger partial charge in [-0.15, -0.1) is 0 Å². The number of hydrogen-bond donors (Lipinski definition) is 2. The molecule has 2 aromatic carbocycles. The summed E-state index contributed by atoms with van der Waals surface area (Å²) < 4.78 is 38.7. The minimum Gasteiger partial charge on any atom is -0.478 e. The second-order valence-electron chi connectivity index (χ2n) is 5.40. The predicted molar refractivity (Wildman–Crippen MR) is 83.6 cm³/mol. The van der Waals surface area contributed by atoms with Gasteiger partial charge in [-0.05, 0) is 23.8 Å². The molecule has 0 amide bonds. The Morgan fingerprint density at radius 2 is 1.80 bits per heavy atom. The van der Waals surface area contributed by atoms with Crippen LogP contribution in [0.3, 0.4) is 0 Å². The molecule has 0 aliphatic carbocycles. The lowest BCUT2D eigenvalue weighted by molar-refractivity contribution is -0.138. The van der Waals surface area contributed by atoms with Gasteiger partial charge in [0.1, 0.15) is 0 Å². The summed E-state index contributed by atoms with van der Waals surface area (Å²) in [7, 11) is 0. The molecule has 0 atom stereocenters. The molecule has 0 saturated heterocycles. The third-order valence-corrected chi connectivity index (χ3v) is 3.77. The number of nitrogens with zero attached hydrogens (tertiary/aromatic N) is 1. The number of aromatic carboxylic acids is 1. The zero-order valence-corrected chi connectivity index (χ0v) is 12.6. The maximum atomic E-state index is 12.9. The molecule has 3 rings (SSSR count). The lowest BCUT2D eigenvalue weighted by Gasteiger charge is -2.12. The average molecular weight is 348 g/mol. The Kier molecular flexibility index (Phi) is 4.03. The molecule has 0 radical (unpaired) electrons. The Balaban J connectivity index is 2.08. The molecular weight excluding hydrogens is 337 g/mol. The molecule has 25 heavy (non-hydrogen) atoms. The number of benzene rings is 2. The van der Waals surface area contributed by atoms with Crippen molar-refractivity contribution in [3.05, 3.63) is 75.2 Å². The quantitative estimate of drug-likeness (QED) is 0.761. The number of nitrogens with one attached hydrogen (secondary N) is 1. The van der Waals surface area contributed by atoms with Crippen molar-refractivity contribution in [2.75, 3.05) is 0 Å². The molecule has 0 aliphatic rings. The van der Waals surface area contributed by atoms with E-state index >= 15 is 0 Å². The van der Waals surface area contributed by atoms with Crippen LogP contribution in [0.25, 0.3) is 10.8 Å². The van der Waals surface area contributed by atoms with E-state index in [4.69, 9.17) is 5.11 Å². The number of alkyl halides is 3. The predicted octanol–water partition coefficient (Wildman–Crippen LogP) is 3.23. The molecule has 1 heterocycles. The van der Waals surface area contributed by atoms with Crippen LogP contribution in [0.15, 0.2) is 47.3 Å². The summed E-state index contributed by atoms with van der Waals surface area (Å²) >= 11 is 0. The Hall–Kier alpha value is -3.16. The van der Waals surface area contributed by atoms with Crippen molar-refractivity contribution < 1.29 is 23.1 Å². The molecule has 0 aliphatic heterocycles. The normalized spacial score (nSPS) is 11.6. The van der Waals surface area contributed by atoms with E-state index in [1.807, 2.05) is 0 Å². The monoisotopic (exact) mass is 348 g/mol. The van der Waals surface area contributed by atoms with Gasteiger partial charge in [0.25, 0.3) is 5.56 Å². The van der Waals surface area contributed by atoms with Gasteiger partial charge in [0, 0.05) is 11.8 Å². The first-order chi connectivity index (χ1) is 11.8. The van der Waals surface area contributed by atoms with Gasteiger partial charge in [0.15, 0.2) is 0 Å². The van der Waals surface area contributed by atoms with E-state index in [-0.39, 0.29) is 12.0 Å². The number of aromatic nitrogens is 2. The molecule has 5 nitrogen and oxygen atoms in total. The standard InChI is InChI=1S/C17H11F3N2O3/c18-17(19,20)13-6-5-9(7-12(13)16(24)25)8-14-10-3-1-2-4-11(10)15(23)22-21-14/h1-7H,8H2,(H,22,23)(H,24,25). The van der Waals surface area contributed by atoms with Crippen molar-refractivity contribution in [3.63, 3.8) is 0 Å². The van der Waals surface area contributed by atoms with Crippen LogP contribution >= 0.6 is 0 Å². The summed E-state index contributed by atoms with van der Waals surface area (Å²) in [4.78, 5) is 22.9. The summed E-state index contributed by atoms with van der Waals surface area (Å²) in [6, 6.07) is 9.60. The molecule has 3 aromatic rings. The van der Waals surface area contributed by atoms with E-state index in [0.717, 1.165) is 12.1 Å². The zero-order valence-electron chi connectivity index (χ0n) is 12.6. The molecule has 0 unspecified atom stereocenters. The smallest absolute Gasteiger partial charge is 0.417 e. The van der Waals surface area contributed by atoms with Crippen molar-refractivity contribution >= 4 is 16.7 Å². The van der Waals surface area contributed by atoms with E-state index in [1.165, 1.54) is 6.07 Å². The van der Waals surface area contributed by atoms with Crippen LogP contribution in [-0.4, -0.2) is 21.3 Å². The highest BCUT2D eigenvalue weighted by molar-refractivity contribution is 5.90. The molecule has 1 aromatic heterocycles. The molecular formula is C17H11F3N2O3. The Labute approximate surface area is 138 Å². The van der Waals surface area contributed by atoms with Crippen LogP contribution < -0.4 is 5.56 Å². The van der Waals surface area contributed by atoms with Crippen LogP contribution in [0.2, 0.25) is 0 Å². The first-order valence-electron chi connectivity index (χ1n) is 7.17.